The standard InChI is InChI=1S/C10H8N2O2.C10H16.C2H6/c11-10(14)8-5-9(13)6-3-1-2-4-7(6)12-8;1-5-6-7-10(4)8-9(2)3;1-2/h1-5H,(H2,11,14)(H,12,13);5-7H,2,8H2,1,3-4H3;1-2H3/b;6-5-,10-7+;. The van der Waals surface area contributed by atoms with Gasteiger partial charge in [-0.3, -0.25) is 9.59 Å². The van der Waals surface area contributed by atoms with E-state index in [2.05, 4.69) is 30.6 Å². The van der Waals surface area contributed by atoms with Crippen molar-refractivity contribution in [3.05, 3.63) is 82.2 Å². The van der Waals surface area contributed by atoms with Crippen molar-refractivity contribution >= 4 is 16.8 Å². The monoisotopic (exact) mass is 354 g/mol. The molecule has 0 atom stereocenters. The second kappa shape index (κ2) is 12.5. The highest BCUT2D eigenvalue weighted by molar-refractivity contribution is 5.93. The summed E-state index contributed by atoms with van der Waals surface area (Å²) in [6, 6.07) is 8.18. The van der Waals surface area contributed by atoms with E-state index < -0.39 is 5.91 Å². The van der Waals surface area contributed by atoms with E-state index in [0.717, 1.165) is 6.42 Å². The zero-order valence-corrected chi connectivity index (χ0v) is 16.4. The van der Waals surface area contributed by atoms with Gasteiger partial charge in [-0.1, -0.05) is 61.9 Å². The van der Waals surface area contributed by atoms with E-state index in [1.807, 2.05) is 33.8 Å². The third-order valence-electron chi connectivity index (χ3n) is 3.16. The summed E-state index contributed by atoms with van der Waals surface area (Å²) in [4.78, 5) is 25.1. The number of carbonyl (C=O) groups is 1. The number of aromatic amines is 1. The molecular weight excluding hydrogens is 324 g/mol. The second-order valence-corrected chi connectivity index (χ2v) is 5.63. The van der Waals surface area contributed by atoms with Crippen LogP contribution in [0.25, 0.3) is 10.9 Å². The summed E-state index contributed by atoms with van der Waals surface area (Å²) in [5.74, 6) is -0.632. The lowest BCUT2D eigenvalue weighted by Crippen LogP contribution is -2.16. The molecule has 2 aromatic rings. The number of nitrogens with one attached hydrogen (secondary N) is 1. The van der Waals surface area contributed by atoms with Gasteiger partial charge in [-0.2, -0.15) is 0 Å². The molecular formula is C22H30N2O2. The van der Waals surface area contributed by atoms with Crippen molar-refractivity contribution in [2.75, 3.05) is 0 Å². The second-order valence-electron chi connectivity index (χ2n) is 5.63. The Hall–Kier alpha value is -2.88. The van der Waals surface area contributed by atoms with Gasteiger partial charge in [-0.05, 0) is 39.3 Å². The Labute approximate surface area is 156 Å². The molecule has 0 spiro atoms. The lowest BCUT2D eigenvalue weighted by atomic mass is 10.1. The smallest absolute Gasteiger partial charge is 0.265 e. The van der Waals surface area contributed by atoms with Crippen LogP contribution in [0.2, 0.25) is 0 Å². The summed E-state index contributed by atoms with van der Waals surface area (Å²) in [6.07, 6.45) is 7.22. The number of para-hydroxylation sites is 1. The summed E-state index contributed by atoms with van der Waals surface area (Å²) in [6.45, 7) is 14.0. The van der Waals surface area contributed by atoms with E-state index in [1.165, 1.54) is 17.2 Å². The largest absolute Gasteiger partial charge is 0.364 e. The van der Waals surface area contributed by atoms with E-state index in [9.17, 15) is 9.59 Å². The highest BCUT2D eigenvalue weighted by Gasteiger charge is 2.04. The zero-order chi connectivity index (χ0) is 20.1. The lowest BCUT2D eigenvalue weighted by molar-refractivity contribution is 0.0996. The predicted octanol–water partition coefficient (Wildman–Crippen LogP) is 5.13. The van der Waals surface area contributed by atoms with Crippen molar-refractivity contribution in [3.8, 4) is 0 Å². The quantitative estimate of drug-likeness (QED) is 0.590. The number of hydrogen-bond donors (Lipinski definition) is 2. The molecule has 4 heteroatoms. The molecule has 3 N–H and O–H groups in total. The van der Waals surface area contributed by atoms with Crippen molar-refractivity contribution in [1.82, 2.24) is 4.98 Å². The van der Waals surface area contributed by atoms with Crippen LogP contribution in [0.3, 0.4) is 0 Å². The minimum Gasteiger partial charge on any atom is -0.364 e. The van der Waals surface area contributed by atoms with E-state index in [4.69, 9.17) is 5.73 Å². The number of amides is 1. The van der Waals surface area contributed by atoms with Crippen LogP contribution in [-0.4, -0.2) is 10.9 Å². The van der Waals surface area contributed by atoms with Crippen LogP contribution in [-0.2, 0) is 0 Å². The number of carbonyl (C=O) groups excluding carboxylic acids is 1. The first-order valence-corrected chi connectivity index (χ1v) is 8.69. The number of rotatable bonds is 4. The Bertz CT molecular complexity index is 843. The first-order chi connectivity index (χ1) is 12.3. The van der Waals surface area contributed by atoms with Gasteiger partial charge in [0.1, 0.15) is 5.69 Å². The van der Waals surface area contributed by atoms with E-state index in [0.29, 0.717) is 10.9 Å². The minimum atomic E-state index is -0.632. The number of hydrogen-bond acceptors (Lipinski definition) is 2. The highest BCUT2D eigenvalue weighted by atomic mass is 16.1. The molecule has 4 nitrogen and oxygen atoms in total. The summed E-state index contributed by atoms with van der Waals surface area (Å²) in [7, 11) is 0. The van der Waals surface area contributed by atoms with Crippen molar-refractivity contribution in [2.45, 2.75) is 41.0 Å². The Morgan fingerprint density at radius 2 is 1.85 bits per heavy atom. The maximum Gasteiger partial charge on any atom is 0.265 e. The topological polar surface area (TPSA) is 76.0 Å². The molecule has 26 heavy (non-hydrogen) atoms. The van der Waals surface area contributed by atoms with Gasteiger partial charge in [-0.25, -0.2) is 0 Å². The molecule has 0 saturated heterocycles. The molecule has 0 fully saturated rings. The van der Waals surface area contributed by atoms with Gasteiger partial charge >= 0.3 is 0 Å². The van der Waals surface area contributed by atoms with Crippen LogP contribution in [0, 0.1) is 0 Å². The molecule has 1 heterocycles. The van der Waals surface area contributed by atoms with E-state index >= 15 is 0 Å². The van der Waals surface area contributed by atoms with Gasteiger partial charge in [0.2, 0.25) is 0 Å². The number of pyridine rings is 1. The SMILES string of the molecule is C=C(C)C/C(C)=C/C=C\C.CC.NC(=O)c1cc(=O)c2ccccc2[nH]1. The van der Waals surface area contributed by atoms with Crippen molar-refractivity contribution < 1.29 is 4.79 Å². The zero-order valence-electron chi connectivity index (χ0n) is 16.4. The van der Waals surface area contributed by atoms with Gasteiger partial charge in [0.05, 0.1) is 0 Å². The van der Waals surface area contributed by atoms with Crippen molar-refractivity contribution in [2.24, 2.45) is 5.73 Å². The first kappa shape index (κ1) is 23.1. The van der Waals surface area contributed by atoms with Crippen LogP contribution < -0.4 is 11.2 Å². The van der Waals surface area contributed by atoms with E-state index in [1.54, 1.807) is 24.3 Å². The molecule has 140 valence electrons. The number of allylic oxidation sites excluding steroid dienone is 5. The first-order valence-electron chi connectivity index (χ1n) is 8.69. The van der Waals surface area contributed by atoms with Gasteiger partial charge in [0, 0.05) is 17.0 Å². The maximum absolute atomic E-state index is 11.5. The fourth-order valence-corrected chi connectivity index (χ4v) is 2.13. The van der Waals surface area contributed by atoms with Crippen LogP contribution >= 0.6 is 0 Å². The summed E-state index contributed by atoms with van der Waals surface area (Å²) in [5, 5.41) is 0.553. The summed E-state index contributed by atoms with van der Waals surface area (Å²) < 4.78 is 0. The molecule has 0 bridgehead atoms. The van der Waals surface area contributed by atoms with E-state index in [-0.39, 0.29) is 11.1 Å². The molecule has 1 amide bonds. The minimum absolute atomic E-state index is 0.133. The van der Waals surface area contributed by atoms with Gasteiger partial charge in [-0.15, -0.1) is 0 Å². The lowest BCUT2D eigenvalue weighted by Gasteiger charge is -1.99. The van der Waals surface area contributed by atoms with Crippen molar-refractivity contribution in [3.63, 3.8) is 0 Å². The fourth-order valence-electron chi connectivity index (χ4n) is 2.13. The number of nitrogens with two attached hydrogens (primary N) is 1. The average molecular weight is 354 g/mol. The molecule has 0 aliphatic carbocycles. The highest BCUT2D eigenvalue weighted by Crippen LogP contribution is 2.07. The number of primary amides is 1. The molecule has 2 rings (SSSR count). The van der Waals surface area contributed by atoms with Crippen LogP contribution in [0.5, 0.6) is 0 Å². The Morgan fingerprint density at radius 3 is 2.38 bits per heavy atom. The summed E-state index contributed by atoms with van der Waals surface area (Å²) >= 11 is 0. The number of aromatic nitrogens is 1. The third-order valence-corrected chi connectivity index (χ3v) is 3.16. The molecule has 0 aliphatic rings. The van der Waals surface area contributed by atoms with Crippen LogP contribution in [0.15, 0.2) is 71.1 Å². The maximum atomic E-state index is 11.5. The van der Waals surface area contributed by atoms with Gasteiger partial charge < -0.3 is 10.7 Å². The number of benzene rings is 1. The van der Waals surface area contributed by atoms with Crippen LogP contribution in [0.4, 0.5) is 0 Å². The van der Waals surface area contributed by atoms with Crippen LogP contribution in [0.1, 0.15) is 51.5 Å². The molecule has 0 aliphatic heterocycles. The normalized spacial score (nSPS) is 10.6. The molecule has 0 unspecified atom stereocenters. The van der Waals surface area contributed by atoms with Gasteiger partial charge in [0.25, 0.3) is 5.91 Å². The fraction of sp³-hybridized carbons (Fsp3) is 0.273. The molecule has 0 radical (unpaired) electrons. The number of fused-ring (bicyclic) bond motifs is 1. The number of H-pyrrole nitrogens is 1. The molecule has 1 aromatic heterocycles. The Kier molecular flexibility index (Phi) is 11.1. The van der Waals surface area contributed by atoms with Crippen molar-refractivity contribution in [1.29, 1.82) is 0 Å². The van der Waals surface area contributed by atoms with Gasteiger partial charge in [0.15, 0.2) is 5.43 Å². The predicted molar refractivity (Wildman–Crippen MR) is 112 cm³/mol. The molecule has 1 aromatic carbocycles. The summed E-state index contributed by atoms with van der Waals surface area (Å²) in [5.41, 5.74) is 8.20. The average Bonchev–Trinajstić information content (AvgIpc) is 2.61. The molecule has 0 saturated carbocycles. The third kappa shape index (κ3) is 8.29. The Morgan fingerprint density at radius 1 is 1.23 bits per heavy atom. The Balaban J connectivity index is 0.000000464.